The van der Waals surface area contributed by atoms with E-state index in [2.05, 4.69) is 21.1 Å². The van der Waals surface area contributed by atoms with Gasteiger partial charge in [-0.2, -0.15) is 0 Å². The third-order valence-corrected chi connectivity index (χ3v) is 6.33. The van der Waals surface area contributed by atoms with Crippen LogP contribution in [0.15, 0.2) is 0 Å². The molecule has 3 fully saturated rings. The largest absolute Gasteiger partial charge is 1.00 e. The second-order valence-corrected chi connectivity index (χ2v) is 11.7. The predicted molar refractivity (Wildman–Crippen MR) is 140 cm³/mol. The van der Waals surface area contributed by atoms with Gasteiger partial charge in [0.2, 0.25) is 6.23 Å². The summed E-state index contributed by atoms with van der Waals surface area (Å²) in [6.07, 6.45) is -6.02. The van der Waals surface area contributed by atoms with E-state index in [1.54, 1.807) is 0 Å². The third kappa shape index (κ3) is 13.8. The lowest BCUT2D eigenvalue weighted by Crippen LogP contribution is -3.00. The molecule has 0 bridgehead atoms. The number of halogens is 1. The molecule has 0 amide bonds. The Morgan fingerprint density at radius 3 is 1.55 bits per heavy atom. The fourth-order valence-electron chi connectivity index (χ4n) is 3.92. The van der Waals surface area contributed by atoms with Gasteiger partial charge in [0.15, 0.2) is 12.6 Å². The van der Waals surface area contributed by atoms with E-state index in [1.807, 2.05) is 21.1 Å². The van der Waals surface area contributed by atoms with Crippen LogP contribution in [0.2, 0.25) is 0 Å². The summed E-state index contributed by atoms with van der Waals surface area (Å²) in [6.45, 7) is 2.08. The minimum absolute atomic E-state index is 0. The van der Waals surface area contributed by atoms with Crippen LogP contribution in [0.3, 0.4) is 0 Å². The van der Waals surface area contributed by atoms with Gasteiger partial charge in [0.05, 0.1) is 62.1 Å². The molecule has 0 spiro atoms. The summed E-state index contributed by atoms with van der Waals surface area (Å²) in [6, 6.07) is 0. The molecule has 3 rings (SSSR count). The van der Waals surface area contributed by atoms with Crippen molar-refractivity contribution in [3.63, 3.8) is 0 Å². The Balaban J connectivity index is 0.000000640. The maximum Gasteiger partial charge on any atom is 0.217 e. The van der Waals surface area contributed by atoms with Gasteiger partial charge in [-0.15, -0.1) is 0 Å². The fourth-order valence-corrected chi connectivity index (χ4v) is 3.92. The molecule has 40 heavy (non-hydrogen) atoms. The van der Waals surface area contributed by atoms with Crippen LogP contribution in [0.5, 0.6) is 0 Å². The van der Waals surface area contributed by atoms with Crippen LogP contribution in [-0.2, 0) is 37.9 Å². The second kappa shape index (κ2) is 18.4. The molecule has 0 radical (unpaired) electrons. The number of ether oxygens (including phenoxy) is 8. The smallest absolute Gasteiger partial charge is 0.217 e. The van der Waals surface area contributed by atoms with Crippen LogP contribution in [0.1, 0.15) is 0 Å². The minimum atomic E-state index is -1.05. The predicted octanol–water partition coefficient (Wildman–Crippen LogP) is -5.40. The van der Waals surface area contributed by atoms with E-state index in [-0.39, 0.29) is 32.2 Å². The summed E-state index contributed by atoms with van der Waals surface area (Å²) >= 11 is 0. The standard InChI is InChI=1S/C13H28NO6.C7H14O5.C5H12NO.ClH/c1-14(2,3)6-9(15)7-19-12-11(16)10(17-4)8-20-13(12)18-5;1-10-4-3-12-7(11-2)6(9)5(4)8;1-6(2,3)5-4-7-5;/h9-13,15-16H,6-8H2,1-5H3;4-9H,3H2,1-2H3;5H,4H2,1-3H3;1H/q+1;;+1;/p-1/t9?,10-,11+,12?,13-;4-,5+,6?,7-;;/m11../s1. The Morgan fingerprint density at radius 1 is 0.700 bits per heavy atom. The fraction of sp³-hybridized carbons (Fsp3) is 1.00. The molecule has 14 nitrogen and oxygen atoms in total. The van der Waals surface area contributed by atoms with Gasteiger partial charge in [0.1, 0.15) is 55.9 Å². The molecule has 3 aliphatic heterocycles. The monoisotopic (exact) mass is 609 g/mol. The number of quaternary nitrogens is 2. The van der Waals surface area contributed by atoms with Gasteiger partial charge in [0, 0.05) is 28.4 Å². The van der Waals surface area contributed by atoms with Crippen molar-refractivity contribution in [3.8, 4) is 0 Å². The Hall–Kier alpha value is -0.270. The van der Waals surface area contributed by atoms with Gasteiger partial charge in [-0.1, -0.05) is 0 Å². The molecule has 3 aliphatic rings. The summed E-state index contributed by atoms with van der Waals surface area (Å²) in [5.74, 6) is 0. The molecule has 10 atom stereocenters. The lowest BCUT2D eigenvalue weighted by atomic mass is 10.1. The third-order valence-electron chi connectivity index (χ3n) is 6.33. The lowest BCUT2D eigenvalue weighted by Gasteiger charge is -2.39. The van der Waals surface area contributed by atoms with E-state index in [4.69, 9.17) is 37.9 Å². The SMILES string of the molecule is CO[C@@H]1OC[C@@H](OC)[C@H](O)C1O.CO[C@@H]1OC[C@@H](OC)[C@H](O)C1OCC(O)C[N+](C)(C)C.C[N+](C)(C)C1CO1.[Cl-]. The van der Waals surface area contributed by atoms with E-state index in [9.17, 15) is 20.4 Å². The Bertz CT molecular complexity index is 649. The molecular weight excluding hydrogens is 556 g/mol. The van der Waals surface area contributed by atoms with Crippen molar-refractivity contribution in [2.75, 3.05) is 104 Å². The van der Waals surface area contributed by atoms with E-state index in [0.717, 1.165) is 11.1 Å². The average Bonchev–Trinajstić information content (AvgIpc) is 3.70. The number of likely N-dealkylation sites (N-methyl/N-ethyl adjacent to an activating group) is 2. The molecule has 0 aromatic heterocycles. The highest BCUT2D eigenvalue weighted by molar-refractivity contribution is 4.85. The quantitative estimate of drug-likeness (QED) is 0.138. The number of aliphatic hydroxyl groups excluding tert-OH is 4. The maximum atomic E-state index is 10.2. The van der Waals surface area contributed by atoms with Crippen molar-refractivity contribution >= 4 is 0 Å². The maximum absolute atomic E-state index is 10.2. The Kier molecular flexibility index (Phi) is 18.3. The molecule has 15 heteroatoms. The normalized spacial score (nSPS) is 34.8. The van der Waals surface area contributed by atoms with Gasteiger partial charge < -0.3 is 79.7 Å². The first kappa shape index (κ1) is 39.7. The number of hydrogen-bond donors (Lipinski definition) is 4. The zero-order chi connectivity index (χ0) is 30.0. The van der Waals surface area contributed by atoms with E-state index in [1.165, 1.54) is 28.4 Å². The highest BCUT2D eigenvalue weighted by Gasteiger charge is 2.41. The van der Waals surface area contributed by atoms with E-state index < -0.39 is 55.3 Å². The minimum Gasteiger partial charge on any atom is -1.00 e. The zero-order valence-corrected chi connectivity index (χ0v) is 26.4. The van der Waals surface area contributed by atoms with Crippen molar-refractivity contribution in [2.24, 2.45) is 0 Å². The van der Waals surface area contributed by atoms with Crippen LogP contribution in [0, 0.1) is 0 Å². The average molecular weight is 610 g/mol. The first-order valence-electron chi connectivity index (χ1n) is 13.0. The van der Waals surface area contributed by atoms with Gasteiger partial charge in [-0.25, -0.2) is 0 Å². The molecular formula is C25H54ClN2O12+. The lowest BCUT2D eigenvalue weighted by molar-refractivity contribution is -0.891. The molecule has 4 unspecified atom stereocenters. The van der Waals surface area contributed by atoms with Crippen LogP contribution in [0.25, 0.3) is 0 Å². The van der Waals surface area contributed by atoms with Crippen molar-refractivity contribution in [2.45, 2.75) is 61.5 Å². The Morgan fingerprint density at radius 2 is 1.18 bits per heavy atom. The number of methoxy groups -OCH3 is 4. The number of hydrogen-bond acceptors (Lipinski definition) is 12. The molecule has 242 valence electrons. The van der Waals surface area contributed by atoms with Crippen molar-refractivity contribution < 1.29 is 79.7 Å². The van der Waals surface area contributed by atoms with Gasteiger partial charge in [-0.3, -0.25) is 0 Å². The molecule has 3 heterocycles. The second-order valence-electron chi connectivity index (χ2n) is 11.7. The van der Waals surface area contributed by atoms with Crippen LogP contribution in [0.4, 0.5) is 0 Å². The first-order chi connectivity index (χ1) is 18.1. The highest BCUT2D eigenvalue weighted by atomic mass is 35.5. The van der Waals surface area contributed by atoms with Crippen LogP contribution < -0.4 is 12.4 Å². The molecule has 0 saturated carbocycles. The summed E-state index contributed by atoms with van der Waals surface area (Å²) in [5, 5.41) is 38.9. The Labute approximate surface area is 245 Å². The molecule has 3 saturated heterocycles. The number of epoxide rings is 1. The molecule has 0 aromatic carbocycles. The van der Waals surface area contributed by atoms with Crippen molar-refractivity contribution in [3.05, 3.63) is 0 Å². The van der Waals surface area contributed by atoms with E-state index in [0.29, 0.717) is 17.3 Å². The van der Waals surface area contributed by atoms with Crippen LogP contribution >= 0.6 is 0 Å². The van der Waals surface area contributed by atoms with Crippen molar-refractivity contribution in [1.82, 2.24) is 0 Å². The van der Waals surface area contributed by atoms with Crippen molar-refractivity contribution in [1.29, 1.82) is 0 Å². The topological polar surface area (TPSA) is 158 Å². The number of aliphatic hydroxyl groups is 4. The summed E-state index contributed by atoms with van der Waals surface area (Å²) in [5.41, 5.74) is 0. The van der Waals surface area contributed by atoms with Gasteiger partial charge in [-0.05, 0) is 0 Å². The molecule has 0 aromatic rings. The highest BCUT2D eigenvalue weighted by Crippen LogP contribution is 2.21. The van der Waals surface area contributed by atoms with Crippen LogP contribution in [-0.4, -0.2) is 195 Å². The van der Waals surface area contributed by atoms with Gasteiger partial charge >= 0.3 is 0 Å². The van der Waals surface area contributed by atoms with E-state index >= 15 is 0 Å². The number of rotatable bonds is 10. The molecule has 4 N–H and O–H groups in total. The first-order valence-corrected chi connectivity index (χ1v) is 13.0. The summed E-state index contributed by atoms with van der Waals surface area (Å²) in [7, 11) is 18.2. The van der Waals surface area contributed by atoms with Gasteiger partial charge in [0.25, 0.3) is 0 Å². The number of nitrogens with zero attached hydrogens (tertiary/aromatic N) is 2. The summed E-state index contributed by atoms with van der Waals surface area (Å²) in [4.78, 5) is 0. The zero-order valence-electron chi connectivity index (χ0n) is 25.6. The summed E-state index contributed by atoms with van der Waals surface area (Å²) < 4.78 is 42.6. The molecule has 0 aliphatic carbocycles.